The fraction of sp³-hybridized carbons (Fsp3) is 0.500. The number of nitrogens with two attached hydrogens (primary N) is 1. The number of amides is 1. The summed E-state index contributed by atoms with van der Waals surface area (Å²) in [5, 5.41) is 10.1. The average Bonchev–Trinajstić information content (AvgIpc) is 3.16. The van der Waals surface area contributed by atoms with Crippen LogP contribution in [0.25, 0.3) is 0 Å². The quantitative estimate of drug-likeness (QED) is 0.561. The number of nitrogens with zero attached hydrogens (tertiary/aromatic N) is 2. The molecule has 0 saturated heterocycles. The maximum absolute atomic E-state index is 12.6. The van der Waals surface area contributed by atoms with Crippen LogP contribution in [0, 0.1) is 0 Å². The van der Waals surface area contributed by atoms with Crippen molar-refractivity contribution in [2.45, 2.75) is 57.4 Å². The van der Waals surface area contributed by atoms with Crippen molar-refractivity contribution in [2.24, 2.45) is 5.73 Å². The van der Waals surface area contributed by atoms with Crippen LogP contribution in [-0.2, 0) is 25.8 Å². The van der Waals surface area contributed by atoms with Gasteiger partial charge in [-0.15, -0.1) is 10.2 Å². The number of aromatic nitrogens is 2. The van der Waals surface area contributed by atoms with Gasteiger partial charge in [-0.1, -0.05) is 58.0 Å². The lowest BCUT2D eigenvalue weighted by molar-refractivity contribution is -0.122. The largest absolute Gasteiger partial charge is 0.418 e. The second kappa shape index (κ2) is 9.48. The number of Topliss-reactive ketones (excluding diaryl/α,β-unsaturated/α-hetero) is 1. The molecule has 10 heteroatoms. The van der Waals surface area contributed by atoms with Crippen LogP contribution in [0.3, 0.4) is 0 Å². The van der Waals surface area contributed by atoms with Gasteiger partial charge in [0.25, 0.3) is 5.89 Å². The Labute approximate surface area is 176 Å². The Hall–Kier alpha value is -2.59. The van der Waals surface area contributed by atoms with Crippen LogP contribution in [0.5, 0.6) is 0 Å². The van der Waals surface area contributed by atoms with Crippen molar-refractivity contribution in [3.05, 3.63) is 47.7 Å². The maximum atomic E-state index is 12.6. The molecule has 9 nitrogen and oxygen atoms in total. The number of rotatable bonds is 9. The second-order valence-electron chi connectivity index (χ2n) is 8.14. The number of hydrogen-bond donors (Lipinski definition) is 2. The van der Waals surface area contributed by atoms with Gasteiger partial charge in [0, 0.05) is 5.41 Å². The summed E-state index contributed by atoms with van der Waals surface area (Å²) in [6.45, 7) is 7.29. The third kappa shape index (κ3) is 6.46. The molecule has 1 aromatic heterocycles. The van der Waals surface area contributed by atoms with Crippen LogP contribution in [0.1, 0.15) is 56.3 Å². The summed E-state index contributed by atoms with van der Waals surface area (Å²) >= 11 is 0. The van der Waals surface area contributed by atoms with Crippen molar-refractivity contribution in [3.63, 3.8) is 0 Å². The molecule has 1 heterocycles. The standard InChI is InChI=1S/C20H28N4O5S/c1-5-15(16(25)18-23-24-19(29-18)20(2,3)4)22-17(26)14(21)12-30(27,28)11-13-9-7-6-8-10-13/h6-10,14-15H,5,11-12,21H2,1-4H3,(H,22,26). The van der Waals surface area contributed by atoms with Crippen LogP contribution in [-0.4, -0.2) is 48.1 Å². The second-order valence-corrected chi connectivity index (χ2v) is 10.3. The van der Waals surface area contributed by atoms with Gasteiger partial charge in [-0.3, -0.25) is 9.59 Å². The molecule has 0 spiro atoms. The minimum absolute atomic E-state index is 0.211. The van der Waals surface area contributed by atoms with E-state index in [1.807, 2.05) is 20.8 Å². The van der Waals surface area contributed by atoms with Gasteiger partial charge in [0.15, 0.2) is 9.84 Å². The zero-order valence-corrected chi connectivity index (χ0v) is 18.4. The van der Waals surface area contributed by atoms with Crippen molar-refractivity contribution in [1.82, 2.24) is 15.5 Å². The first kappa shape index (κ1) is 23.7. The number of carbonyl (C=O) groups excluding carboxylic acids is 2. The van der Waals surface area contributed by atoms with Gasteiger partial charge in [0.1, 0.15) is 0 Å². The Bertz CT molecular complexity index is 980. The van der Waals surface area contributed by atoms with E-state index in [9.17, 15) is 18.0 Å². The van der Waals surface area contributed by atoms with Gasteiger partial charge >= 0.3 is 0 Å². The van der Waals surface area contributed by atoms with E-state index in [4.69, 9.17) is 10.2 Å². The molecule has 3 N–H and O–H groups in total. The molecule has 0 fully saturated rings. The molecule has 0 aliphatic carbocycles. The SMILES string of the molecule is CCC(NC(=O)C(N)CS(=O)(=O)Cc1ccccc1)C(=O)c1nnc(C(C)(C)C)o1. The lowest BCUT2D eigenvalue weighted by Crippen LogP contribution is -2.50. The van der Waals surface area contributed by atoms with Crippen LogP contribution in [0.4, 0.5) is 0 Å². The van der Waals surface area contributed by atoms with E-state index >= 15 is 0 Å². The van der Waals surface area contributed by atoms with E-state index in [2.05, 4.69) is 15.5 Å². The summed E-state index contributed by atoms with van der Waals surface area (Å²) in [6.07, 6.45) is 0.251. The summed E-state index contributed by atoms with van der Waals surface area (Å²) in [4.78, 5) is 25.1. The lowest BCUT2D eigenvalue weighted by Gasteiger charge is -2.18. The number of ketones is 1. The number of benzene rings is 1. The highest BCUT2D eigenvalue weighted by Gasteiger charge is 2.30. The first-order valence-electron chi connectivity index (χ1n) is 9.61. The average molecular weight is 437 g/mol. The molecule has 1 amide bonds. The van der Waals surface area contributed by atoms with Crippen LogP contribution >= 0.6 is 0 Å². The Morgan fingerprint density at radius 2 is 1.80 bits per heavy atom. The highest BCUT2D eigenvalue weighted by atomic mass is 32.2. The molecule has 0 bridgehead atoms. The highest BCUT2D eigenvalue weighted by Crippen LogP contribution is 2.21. The van der Waals surface area contributed by atoms with E-state index in [1.54, 1.807) is 37.3 Å². The fourth-order valence-electron chi connectivity index (χ4n) is 2.64. The summed E-state index contributed by atoms with van der Waals surface area (Å²) in [7, 11) is -3.62. The van der Waals surface area contributed by atoms with E-state index in [-0.39, 0.29) is 18.1 Å². The molecule has 0 aliphatic rings. The molecule has 2 rings (SSSR count). The maximum Gasteiger partial charge on any atom is 0.286 e. The van der Waals surface area contributed by atoms with Gasteiger partial charge in [-0.2, -0.15) is 0 Å². The number of carbonyl (C=O) groups is 2. The normalized spacial score (nSPS) is 14.2. The Morgan fingerprint density at radius 3 is 2.33 bits per heavy atom. The Kier molecular flexibility index (Phi) is 7.49. The lowest BCUT2D eigenvalue weighted by atomic mass is 9.97. The molecule has 2 unspecified atom stereocenters. The van der Waals surface area contributed by atoms with Crippen molar-refractivity contribution >= 4 is 21.5 Å². The third-order valence-corrected chi connectivity index (χ3v) is 5.96. The topological polar surface area (TPSA) is 145 Å². The van der Waals surface area contributed by atoms with Gasteiger partial charge in [0.05, 0.1) is 23.6 Å². The molecule has 2 atom stereocenters. The van der Waals surface area contributed by atoms with Gasteiger partial charge in [-0.05, 0) is 12.0 Å². The minimum Gasteiger partial charge on any atom is -0.418 e. The van der Waals surface area contributed by atoms with Crippen LogP contribution in [0.15, 0.2) is 34.7 Å². The van der Waals surface area contributed by atoms with E-state index < -0.39 is 44.8 Å². The molecular weight excluding hydrogens is 408 g/mol. The highest BCUT2D eigenvalue weighted by molar-refractivity contribution is 7.90. The van der Waals surface area contributed by atoms with Gasteiger partial charge < -0.3 is 15.5 Å². The predicted molar refractivity (Wildman–Crippen MR) is 111 cm³/mol. The Morgan fingerprint density at radius 1 is 1.17 bits per heavy atom. The molecule has 1 aromatic carbocycles. The summed E-state index contributed by atoms with van der Waals surface area (Å²) in [6, 6.07) is 6.36. The predicted octanol–water partition coefficient (Wildman–Crippen LogP) is 1.39. The number of sulfone groups is 1. The molecule has 164 valence electrons. The zero-order chi connectivity index (χ0) is 22.5. The molecule has 30 heavy (non-hydrogen) atoms. The van der Waals surface area contributed by atoms with E-state index in [0.717, 1.165) is 0 Å². The zero-order valence-electron chi connectivity index (χ0n) is 17.6. The van der Waals surface area contributed by atoms with E-state index in [1.165, 1.54) is 0 Å². The fourth-order valence-corrected chi connectivity index (χ4v) is 4.16. The van der Waals surface area contributed by atoms with Crippen molar-refractivity contribution in [3.8, 4) is 0 Å². The molecule has 0 aliphatic heterocycles. The molecular formula is C20H28N4O5S. The van der Waals surface area contributed by atoms with Crippen LogP contribution < -0.4 is 11.1 Å². The van der Waals surface area contributed by atoms with Crippen LogP contribution in [0.2, 0.25) is 0 Å². The molecule has 2 aromatic rings. The number of hydrogen-bond acceptors (Lipinski definition) is 8. The van der Waals surface area contributed by atoms with E-state index in [0.29, 0.717) is 11.5 Å². The molecule has 0 radical (unpaired) electrons. The summed E-state index contributed by atoms with van der Waals surface area (Å²) in [5.41, 5.74) is 5.99. The minimum atomic E-state index is -3.62. The smallest absolute Gasteiger partial charge is 0.286 e. The van der Waals surface area contributed by atoms with Crippen molar-refractivity contribution in [2.75, 3.05) is 5.75 Å². The first-order chi connectivity index (χ1) is 13.9. The van der Waals surface area contributed by atoms with Crippen molar-refractivity contribution < 1.29 is 22.4 Å². The number of nitrogens with one attached hydrogen (secondary N) is 1. The first-order valence-corrected chi connectivity index (χ1v) is 11.4. The van der Waals surface area contributed by atoms with Gasteiger partial charge in [0.2, 0.25) is 17.6 Å². The van der Waals surface area contributed by atoms with Gasteiger partial charge in [-0.25, -0.2) is 8.42 Å². The summed E-state index contributed by atoms with van der Waals surface area (Å²) in [5.74, 6) is -1.95. The monoisotopic (exact) mass is 436 g/mol. The Balaban J connectivity index is 2.01. The third-order valence-electron chi connectivity index (χ3n) is 4.32. The summed E-state index contributed by atoms with van der Waals surface area (Å²) < 4.78 is 30.2. The molecule has 0 saturated carbocycles. The van der Waals surface area contributed by atoms with Crippen molar-refractivity contribution in [1.29, 1.82) is 0 Å².